The molecule has 3 aromatic carbocycles. The van der Waals surface area contributed by atoms with Crippen molar-refractivity contribution >= 4 is 35.2 Å². The molecule has 39 heavy (non-hydrogen) atoms. The summed E-state index contributed by atoms with van der Waals surface area (Å²) in [4.78, 5) is 36.1. The van der Waals surface area contributed by atoms with E-state index in [-0.39, 0.29) is 24.3 Å². The van der Waals surface area contributed by atoms with Crippen LogP contribution in [0.25, 0.3) is 6.08 Å². The van der Waals surface area contributed by atoms with Crippen LogP contribution in [0.2, 0.25) is 0 Å². The van der Waals surface area contributed by atoms with Crippen LogP contribution in [0.3, 0.4) is 0 Å². The molecule has 7 nitrogen and oxygen atoms in total. The number of carboxylic acid groups (broad SMARTS) is 2. The van der Waals surface area contributed by atoms with Crippen molar-refractivity contribution in [1.82, 2.24) is 0 Å². The Bertz CT molecular complexity index is 1340. The summed E-state index contributed by atoms with van der Waals surface area (Å²) in [6, 6.07) is 17.0. The molecule has 1 atom stereocenters. The van der Waals surface area contributed by atoms with Crippen molar-refractivity contribution < 1.29 is 29.0 Å². The lowest BCUT2D eigenvalue weighted by Crippen LogP contribution is -2.38. The van der Waals surface area contributed by atoms with Gasteiger partial charge in [-0.1, -0.05) is 62.1 Å². The van der Waals surface area contributed by atoms with E-state index in [0.717, 1.165) is 19.3 Å². The highest BCUT2D eigenvalue weighted by atomic mass is 19.1. The summed E-state index contributed by atoms with van der Waals surface area (Å²) < 4.78 is 13.1. The average molecular weight is 533 g/mol. The second kappa shape index (κ2) is 13.4. The molecular formula is C31H33FN2O5. The van der Waals surface area contributed by atoms with E-state index in [4.69, 9.17) is 16.6 Å². The normalized spacial score (nSPS) is 12.7. The number of allylic oxidation sites excluding steroid dienone is 1. The first-order valence-corrected chi connectivity index (χ1v) is 12.8. The summed E-state index contributed by atoms with van der Waals surface area (Å²) in [5.74, 6) is -2.57. The first-order valence-electron chi connectivity index (χ1n) is 12.8. The van der Waals surface area contributed by atoms with Gasteiger partial charge in [0.05, 0.1) is 0 Å². The molecule has 0 bridgehead atoms. The maximum Gasteiger partial charge on any atom is 0.318 e. The lowest BCUT2D eigenvalue weighted by Gasteiger charge is -2.32. The van der Waals surface area contributed by atoms with Crippen molar-refractivity contribution in [2.45, 2.75) is 50.4 Å². The molecule has 0 heterocycles. The van der Waals surface area contributed by atoms with Gasteiger partial charge >= 0.3 is 11.9 Å². The maximum absolute atomic E-state index is 13.1. The molecule has 0 aliphatic heterocycles. The number of hydrogen-bond acceptors (Lipinski definition) is 5. The molecule has 3 aromatic rings. The molecule has 0 saturated heterocycles. The molecule has 0 fully saturated rings. The third-order valence-electron chi connectivity index (χ3n) is 6.80. The highest BCUT2D eigenvalue weighted by Crippen LogP contribution is 2.41. The first kappa shape index (κ1) is 29.1. The minimum atomic E-state index is -1.43. The number of rotatable bonds is 14. The Kier molecular flexibility index (Phi) is 9.98. The maximum atomic E-state index is 13.1. The lowest BCUT2D eigenvalue weighted by atomic mass is 9.70. The third kappa shape index (κ3) is 7.54. The number of nitrogens with two attached hydrogens (primary N) is 2. The van der Waals surface area contributed by atoms with Crippen LogP contribution in [0.15, 0.2) is 72.8 Å². The van der Waals surface area contributed by atoms with Gasteiger partial charge < -0.3 is 21.7 Å². The molecule has 204 valence electrons. The van der Waals surface area contributed by atoms with E-state index in [2.05, 4.69) is 0 Å². The van der Waals surface area contributed by atoms with Crippen LogP contribution in [-0.4, -0.2) is 27.9 Å². The van der Waals surface area contributed by atoms with Crippen molar-refractivity contribution in [2.75, 3.05) is 11.5 Å². The van der Waals surface area contributed by atoms with Crippen molar-refractivity contribution in [3.63, 3.8) is 0 Å². The summed E-state index contributed by atoms with van der Waals surface area (Å²) >= 11 is 0. The van der Waals surface area contributed by atoms with E-state index >= 15 is 0 Å². The van der Waals surface area contributed by atoms with Gasteiger partial charge in [-0.3, -0.25) is 14.4 Å². The molecule has 0 aliphatic rings. The zero-order valence-electron chi connectivity index (χ0n) is 21.6. The average Bonchev–Trinajstić information content (AvgIpc) is 2.90. The summed E-state index contributed by atoms with van der Waals surface area (Å²) in [6.07, 6.45) is 6.89. The number of carbonyl (C=O) groups excluding carboxylic acids is 1. The summed E-state index contributed by atoms with van der Waals surface area (Å²) in [5.41, 5.74) is 13.5. The fourth-order valence-corrected chi connectivity index (χ4v) is 4.71. The Morgan fingerprint density at radius 2 is 1.46 bits per heavy atom. The Morgan fingerprint density at radius 3 is 2.08 bits per heavy atom. The Labute approximate surface area is 227 Å². The van der Waals surface area contributed by atoms with Gasteiger partial charge in [0.25, 0.3) is 0 Å². The fraction of sp³-hybridized carbons (Fsp3) is 0.258. The topological polar surface area (TPSA) is 144 Å². The van der Waals surface area contributed by atoms with Crippen LogP contribution in [0.5, 0.6) is 0 Å². The predicted molar refractivity (Wildman–Crippen MR) is 150 cm³/mol. The number of anilines is 2. The number of carboxylic acids is 2. The number of nitrogen functional groups attached to an aromatic ring is 2. The molecule has 0 aromatic heterocycles. The molecule has 1 unspecified atom stereocenters. The largest absolute Gasteiger partial charge is 0.481 e. The number of halogens is 1. The van der Waals surface area contributed by atoms with Crippen molar-refractivity contribution in [3.8, 4) is 0 Å². The Balaban J connectivity index is 1.85. The van der Waals surface area contributed by atoms with Crippen LogP contribution in [-0.2, 0) is 15.0 Å². The molecule has 0 spiro atoms. The fourth-order valence-electron chi connectivity index (χ4n) is 4.71. The summed E-state index contributed by atoms with van der Waals surface area (Å²) in [5, 5.41) is 19.4. The molecule has 6 N–H and O–H groups in total. The SMILES string of the molecule is Nc1ccc(C(CCCCCCCC(=O)O)(C(=O)O)c2ccc(/C=C/C(=O)c3ccc(F)cc3)cc2)c(N)c1. The van der Waals surface area contributed by atoms with Crippen LogP contribution in [0.4, 0.5) is 15.8 Å². The number of aliphatic carboxylic acids is 2. The van der Waals surface area contributed by atoms with Crippen LogP contribution in [0.1, 0.15) is 72.0 Å². The van der Waals surface area contributed by atoms with Crippen molar-refractivity contribution in [1.29, 1.82) is 0 Å². The van der Waals surface area contributed by atoms with Gasteiger partial charge in [-0.05, 0) is 72.0 Å². The van der Waals surface area contributed by atoms with Gasteiger partial charge in [0.2, 0.25) is 0 Å². The number of carbonyl (C=O) groups is 3. The molecule has 0 amide bonds. The summed E-state index contributed by atoms with van der Waals surface area (Å²) in [7, 11) is 0. The first-order chi connectivity index (χ1) is 18.6. The van der Waals surface area contributed by atoms with Crippen LogP contribution >= 0.6 is 0 Å². The quantitative estimate of drug-likeness (QED) is 0.0853. The molecular weight excluding hydrogens is 499 g/mol. The lowest BCUT2D eigenvalue weighted by molar-refractivity contribution is -0.142. The van der Waals surface area contributed by atoms with E-state index in [0.29, 0.717) is 40.8 Å². The van der Waals surface area contributed by atoms with Crippen LogP contribution in [0, 0.1) is 5.82 Å². The van der Waals surface area contributed by atoms with Crippen LogP contribution < -0.4 is 11.5 Å². The standard InChI is InChI=1S/C31H33FN2O5/c32-24-14-10-22(11-15-24)28(35)18-9-21-7-12-23(13-8-21)31(30(38)39,26-17-16-25(33)20-27(26)34)19-5-3-1-2-4-6-29(36)37/h7-18,20H,1-6,19,33-34H2,(H,36,37)(H,38,39)/b18-9+. The zero-order valence-corrected chi connectivity index (χ0v) is 21.6. The minimum Gasteiger partial charge on any atom is -0.481 e. The second-order valence-corrected chi connectivity index (χ2v) is 9.55. The molecule has 0 radical (unpaired) electrons. The molecule has 0 saturated carbocycles. The Hall–Kier alpha value is -4.46. The van der Waals surface area contributed by atoms with E-state index in [1.165, 1.54) is 30.3 Å². The number of unbranched alkanes of at least 4 members (excludes halogenated alkanes) is 4. The smallest absolute Gasteiger partial charge is 0.318 e. The highest BCUT2D eigenvalue weighted by molar-refractivity contribution is 6.06. The summed E-state index contributed by atoms with van der Waals surface area (Å²) in [6.45, 7) is 0. The van der Waals surface area contributed by atoms with Crippen molar-refractivity contribution in [3.05, 3.63) is 101 Å². The van der Waals surface area contributed by atoms with Gasteiger partial charge in [-0.15, -0.1) is 0 Å². The zero-order chi connectivity index (χ0) is 28.4. The molecule has 3 rings (SSSR count). The van der Waals surface area contributed by atoms with E-state index < -0.39 is 23.2 Å². The minimum absolute atomic E-state index is 0.122. The van der Waals surface area contributed by atoms with Gasteiger partial charge in [0.15, 0.2) is 5.78 Å². The molecule has 0 aliphatic carbocycles. The Morgan fingerprint density at radius 1 is 0.821 bits per heavy atom. The number of hydrogen-bond donors (Lipinski definition) is 4. The van der Waals surface area contributed by atoms with Gasteiger partial charge in [0.1, 0.15) is 11.2 Å². The predicted octanol–water partition coefficient (Wildman–Crippen LogP) is 6.07. The highest BCUT2D eigenvalue weighted by Gasteiger charge is 2.43. The van der Waals surface area contributed by atoms with E-state index in [1.807, 2.05) is 0 Å². The number of benzene rings is 3. The van der Waals surface area contributed by atoms with E-state index in [1.54, 1.807) is 48.5 Å². The molecule has 8 heteroatoms. The second-order valence-electron chi connectivity index (χ2n) is 9.55. The third-order valence-corrected chi connectivity index (χ3v) is 6.80. The van der Waals surface area contributed by atoms with Gasteiger partial charge in [-0.2, -0.15) is 0 Å². The monoisotopic (exact) mass is 532 g/mol. The van der Waals surface area contributed by atoms with E-state index in [9.17, 15) is 23.9 Å². The number of ketones is 1. The van der Waals surface area contributed by atoms with Crippen molar-refractivity contribution in [2.24, 2.45) is 0 Å². The van der Waals surface area contributed by atoms with Gasteiger partial charge in [0, 0.05) is 23.4 Å². The van der Waals surface area contributed by atoms with Gasteiger partial charge in [-0.25, -0.2) is 4.39 Å².